The van der Waals surface area contributed by atoms with Crippen LogP contribution in [0.5, 0.6) is 0 Å². The highest BCUT2D eigenvalue weighted by Crippen LogP contribution is 2.20. The quantitative estimate of drug-likeness (QED) is 0.669. The van der Waals surface area contributed by atoms with Crippen LogP contribution in [0.15, 0.2) is 21.7 Å². The molecule has 0 atom stereocenters. The molecule has 0 amide bonds. The monoisotopic (exact) mass is 216 g/mol. The van der Waals surface area contributed by atoms with Gasteiger partial charge in [0.25, 0.3) is 5.71 Å². The highest BCUT2D eigenvalue weighted by Gasteiger charge is 2.15. The van der Waals surface area contributed by atoms with Gasteiger partial charge in [0.05, 0.1) is 17.3 Å². The number of fused-ring (bicyclic) bond motifs is 1. The zero-order chi connectivity index (χ0) is 10.3. The summed E-state index contributed by atoms with van der Waals surface area (Å²) in [5.41, 5.74) is 0.660. The van der Waals surface area contributed by atoms with Crippen molar-refractivity contribution < 1.29 is 16.8 Å². The zero-order valence-corrected chi connectivity index (χ0v) is 7.88. The average Bonchev–Trinajstić information content (AvgIpc) is 2.46. The molecule has 0 fully saturated rings. The van der Waals surface area contributed by atoms with Crippen LogP contribution >= 0.6 is 0 Å². The first-order valence-electron chi connectivity index (χ1n) is 3.65. The Hall–Kier alpha value is -1.50. The van der Waals surface area contributed by atoms with E-state index < -0.39 is 15.1 Å². The molecule has 7 heteroatoms. The fraction of sp³-hybridized carbons (Fsp3) is 0.143. The van der Waals surface area contributed by atoms with Gasteiger partial charge in [0, 0.05) is 0 Å². The Morgan fingerprint density at radius 3 is 2.86 bits per heavy atom. The molecule has 0 aliphatic heterocycles. The summed E-state index contributed by atoms with van der Waals surface area (Å²) in [5, 5.41) is 3.96. The number of aromatic nitrogens is 2. The maximum atomic E-state index is 12.6. The molecule has 0 unspecified atom stereocenters. The van der Waals surface area contributed by atoms with Crippen LogP contribution in [0.2, 0.25) is 0 Å². The fourth-order valence-electron chi connectivity index (χ4n) is 1.06. The fourth-order valence-corrected chi connectivity index (χ4v) is 1.50. The van der Waals surface area contributed by atoms with Crippen LogP contribution in [0.3, 0.4) is 0 Å². The second-order valence-corrected chi connectivity index (χ2v) is 4.08. The number of halogens is 1. The first kappa shape index (κ1) is 9.07. The molecule has 14 heavy (non-hydrogen) atoms. The molecule has 2 heterocycles. The van der Waals surface area contributed by atoms with Gasteiger partial charge in [0.15, 0.2) is 0 Å². The molecule has 0 N–H and O–H groups in total. The van der Waals surface area contributed by atoms with Gasteiger partial charge in [-0.15, -0.1) is 3.89 Å². The normalized spacial score (nSPS) is 12.1. The van der Waals surface area contributed by atoms with Crippen molar-refractivity contribution in [3.63, 3.8) is 0 Å². The number of nitrogens with zero attached hydrogens (tertiary/aromatic N) is 2. The Kier molecular flexibility index (Phi) is 1.78. The molecule has 2 rings (SSSR count). The van der Waals surface area contributed by atoms with Crippen LogP contribution in [0, 0.1) is 6.92 Å². The first-order chi connectivity index (χ1) is 6.48. The van der Waals surface area contributed by atoms with Crippen molar-refractivity contribution in [1.82, 2.24) is 10.1 Å². The van der Waals surface area contributed by atoms with Crippen LogP contribution in [-0.2, 0) is 10.2 Å². The third kappa shape index (κ3) is 1.35. The second-order valence-electron chi connectivity index (χ2n) is 2.73. The number of rotatable bonds is 1. The Bertz CT molecular complexity index is 590. The lowest BCUT2D eigenvalue weighted by Crippen LogP contribution is -1.92. The summed E-state index contributed by atoms with van der Waals surface area (Å²) in [6, 6.07) is 1.14. The molecule has 0 radical (unpaired) electrons. The van der Waals surface area contributed by atoms with E-state index in [2.05, 4.69) is 10.1 Å². The van der Waals surface area contributed by atoms with Gasteiger partial charge in [-0.25, -0.2) is 4.98 Å². The molecule has 5 nitrogen and oxygen atoms in total. The first-order valence-corrected chi connectivity index (χ1v) is 5.03. The zero-order valence-electron chi connectivity index (χ0n) is 7.06. The minimum absolute atomic E-state index is 0.190. The van der Waals surface area contributed by atoms with E-state index in [0.717, 1.165) is 12.3 Å². The van der Waals surface area contributed by atoms with Gasteiger partial charge < -0.3 is 4.52 Å². The Balaban J connectivity index is 2.79. The molecular weight excluding hydrogens is 211 g/mol. The van der Waals surface area contributed by atoms with Crippen LogP contribution in [0.1, 0.15) is 5.69 Å². The molecule has 0 saturated heterocycles. The van der Waals surface area contributed by atoms with E-state index >= 15 is 0 Å². The minimum Gasteiger partial charge on any atom is -0.336 e. The van der Waals surface area contributed by atoms with Crippen molar-refractivity contribution >= 4 is 21.3 Å². The second kappa shape index (κ2) is 2.74. The minimum atomic E-state index is -4.72. The largest absolute Gasteiger partial charge is 0.336 e. The van der Waals surface area contributed by atoms with E-state index in [1.165, 1.54) is 0 Å². The van der Waals surface area contributed by atoms with E-state index in [1.807, 2.05) is 0 Å². The third-order valence-corrected chi connectivity index (χ3v) is 2.55. The molecule has 2 aromatic heterocycles. The lowest BCUT2D eigenvalue weighted by atomic mass is 10.3. The molecule has 0 aromatic carbocycles. The maximum absolute atomic E-state index is 12.6. The third-order valence-electron chi connectivity index (χ3n) is 1.77. The molecular formula is C7H5FN2O3S. The summed E-state index contributed by atoms with van der Waals surface area (Å²) >= 11 is 0. The summed E-state index contributed by atoms with van der Waals surface area (Å²) in [6.45, 7) is 1.61. The van der Waals surface area contributed by atoms with Gasteiger partial charge in [-0.1, -0.05) is 5.16 Å². The number of hydrogen-bond donors (Lipinski definition) is 0. The SMILES string of the molecule is Cc1noc2ncc(S(=O)(=O)F)cc12. The van der Waals surface area contributed by atoms with Crippen molar-refractivity contribution in [2.45, 2.75) is 11.8 Å². The number of aryl methyl sites for hydroxylation is 1. The lowest BCUT2D eigenvalue weighted by molar-refractivity contribution is 0.442. The molecule has 74 valence electrons. The average molecular weight is 216 g/mol. The number of hydrogen-bond acceptors (Lipinski definition) is 5. The van der Waals surface area contributed by atoms with Gasteiger partial charge in [0.1, 0.15) is 4.90 Å². The van der Waals surface area contributed by atoms with Crippen LogP contribution in [0.4, 0.5) is 3.89 Å². The predicted molar refractivity (Wildman–Crippen MR) is 44.8 cm³/mol. The van der Waals surface area contributed by atoms with E-state index in [-0.39, 0.29) is 5.71 Å². The van der Waals surface area contributed by atoms with Gasteiger partial charge >= 0.3 is 10.2 Å². The standard InChI is InChI=1S/C7H5FN2O3S/c1-4-6-2-5(14(8,11)12)3-9-7(6)13-10-4/h2-3H,1H3. The summed E-state index contributed by atoms with van der Waals surface area (Å²) in [4.78, 5) is 3.13. The molecule has 0 saturated carbocycles. The Morgan fingerprint density at radius 1 is 1.50 bits per heavy atom. The Morgan fingerprint density at radius 2 is 2.21 bits per heavy atom. The highest BCUT2D eigenvalue weighted by molar-refractivity contribution is 7.86. The molecule has 0 aliphatic rings. The van der Waals surface area contributed by atoms with Crippen LogP contribution < -0.4 is 0 Å². The van der Waals surface area contributed by atoms with E-state index in [4.69, 9.17) is 4.52 Å². The smallest absolute Gasteiger partial charge is 0.333 e. The predicted octanol–water partition coefficient (Wildman–Crippen LogP) is 1.19. The molecule has 0 aliphatic carbocycles. The van der Waals surface area contributed by atoms with E-state index in [1.54, 1.807) is 6.92 Å². The lowest BCUT2D eigenvalue weighted by Gasteiger charge is -1.92. The molecule has 0 bridgehead atoms. The summed E-state index contributed by atoms with van der Waals surface area (Å²) < 4.78 is 38.4. The highest BCUT2D eigenvalue weighted by atomic mass is 32.3. The van der Waals surface area contributed by atoms with Gasteiger partial charge in [0.2, 0.25) is 0 Å². The van der Waals surface area contributed by atoms with E-state index in [0.29, 0.717) is 11.1 Å². The molecule has 0 spiro atoms. The molecule has 2 aromatic rings. The summed E-state index contributed by atoms with van der Waals surface area (Å²) in [7, 11) is -4.72. The van der Waals surface area contributed by atoms with Gasteiger partial charge in [-0.2, -0.15) is 8.42 Å². The summed E-state index contributed by atoms with van der Waals surface area (Å²) in [6.07, 6.45) is 0.891. The number of pyridine rings is 1. The van der Waals surface area contributed by atoms with Crippen molar-refractivity contribution in [3.8, 4) is 0 Å². The van der Waals surface area contributed by atoms with Crippen LogP contribution in [-0.4, -0.2) is 18.6 Å². The topological polar surface area (TPSA) is 73.1 Å². The van der Waals surface area contributed by atoms with Crippen molar-refractivity contribution in [2.75, 3.05) is 0 Å². The van der Waals surface area contributed by atoms with Crippen LogP contribution in [0.25, 0.3) is 11.1 Å². The van der Waals surface area contributed by atoms with E-state index in [9.17, 15) is 12.3 Å². The van der Waals surface area contributed by atoms with Gasteiger partial charge in [-0.05, 0) is 13.0 Å². The van der Waals surface area contributed by atoms with Crippen molar-refractivity contribution in [3.05, 3.63) is 18.0 Å². The maximum Gasteiger partial charge on any atom is 0.333 e. The van der Waals surface area contributed by atoms with Gasteiger partial charge in [-0.3, -0.25) is 0 Å². The Labute approximate surface area is 78.7 Å². The summed E-state index contributed by atoms with van der Waals surface area (Å²) in [5.74, 6) is 0. The van der Waals surface area contributed by atoms with Crippen molar-refractivity contribution in [2.24, 2.45) is 0 Å². The van der Waals surface area contributed by atoms with Crippen molar-refractivity contribution in [1.29, 1.82) is 0 Å².